The maximum atomic E-state index is 10.9. The van der Waals surface area contributed by atoms with Gasteiger partial charge in [-0.15, -0.1) is 0 Å². The first kappa shape index (κ1) is 11.7. The molecule has 0 spiro atoms. The van der Waals surface area contributed by atoms with Gasteiger partial charge in [-0.25, -0.2) is 0 Å². The second-order valence-electron chi connectivity index (χ2n) is 3.37. The van der Waals surface area contributed by atoms with Crippen molar-refractivity contribution in [3.63, 3.8) is 0 Å². The van der Waals surface area contributed by atoms with Crippen LogP contribution in [0.15, 0.2) is 36.7 Å². The molecule has 6 heteroatoms. The number of carbonyl (C=O) groups is 2. The Bertz CT molecular complexity index is 569. The summed E-state index contributed by atoms with van der Waals surface area (Å²) >= 11 is 0. The zero-order chi connectivity index (χ0) is 13.1. The van der Waals surface area contributed by atoms with Crippen molar-refractivity contribution < 1.29 is 19.8 Å². The highest BCUT2D eigenvalue weighted by molar-refractivity contribution is 5.98. The van der Waals surface area contributed by atoms with Crippen molar-refractivity contribution in [2.24, 2.45) is 0 Å². The molecule has 0 aromatic carbocycles. The molecule has 0 bridgehead atoms. The number of carbonyl (C=O) groups excluding carboxylic acids is 2. The molecule has 18 heavy (non-hydrogen) atoms. The van der Waals surface area contributed by atoms with Gasteiger partial charge in [0.15, 0.2) is 0 Å². The number of carboxylic acids is 2. The number of aromatic carboxylic acids is 2. The van der Waals surface area contributed by atoms with Crippen LogP contribution in [0.3, 0.4) is 0 Å². The zero-order valence-corrected chi connectivity index (χ0v) is 8.99. The Morgan fingerprint density at radius 2 is 1.22 bits per heavy atom. The summed E-state index contributed by atoms with van der Waals surface area (Å²) in [5.41, 5.74) is -0.421. The molecule has 2 rings (SSSR count). The summed E-state index contributed by atoms with van der Waals surface area (Å²) in [6, 6.07) is 5.85. The lowest BCUT2D eigenvalue weighted by atomic mass is 10.0. The van der Waals surface area contributed by atoms with Crippen LogP contribution in [0.5, 0.6) is 0 Å². The van der Waals surface area contributed by atoms with E-state index in [-0.39, 0.29) is 22.5 Å². The van der Waals surface area contributed by atoms with Gasteiger partial charge in [0.2, 0.25) is 0 Å². The molecule has 2 aromatic rings. The van der Waals surface area contributed by atoms with E-state index in [2.05, 4.69) is 9.97 Å². The van der Waals surface area contributed by atoms with Gasteiger partial charge in [-0.2, -0.15) is 0 Å². The minimum Gasteiger partial charge on any atom is -0.543 e. The van der Waals surface area contributed by atoms with Crippen LogP contribution in [0.25, 0.3) is 11.1 Å². The molecule has 2 heterocycles. The highest BCUT2D eigenvalue weighted by Gasteiger charge is 2.12. The first-order valence-corrected chi connectivity index (χ1v) is 4.94. The molecule has 0 saturated heterocycles. The van der Waals surface area contributed by atoms with Crippen LogP contribution in [-0.4, -0.2) is 21.9 Å². The predicted molar refractivity (Wildman–Crippen MR) is 56.1 cm³/mol. The number of aromatic nitrogens is 2. The maximum Gasteiger partial charge on any atom is 0.0935 e. The van der Waals surface area contributed by atoms with Crippen molar-refractivity contribution in [2.75, 3.05) is 0 Å². The van der Waals surface area contributed by atoms with E-state index in [1.165, 1.54) is 36.7 Å². The van der Waals surface area contributed by atoms with Gasteiger partial charge in [0.1, 0.15) is 0 Å². The Morgan fingerprint density at radius 3 is 1.56 bits per heavy atom. The van der Waals surface area contributed by atoms with Crippen molar-refractivity contribution in [2.45, 2.75) is 0 Å². The Balaban J connectivity index is 2.70. The average Bonchev–Trinajstić information content (AvgIpc) is 2.38. The predicted octanol–water partition coefficient (Wildman–Crippen LogP) is -1.13. The van der Waals surface area contributed by atoms with Crippen LogP contribution < -0.4 is 10.2 Å². The van der Waals surface area contributed by atoms with Crippen LogP contribution in [0.2, 0.25) is 0 Å². The lowest BCUT2D eigenvalue weighted by Gasteiger charge is -2.12. The summed E-state index contributed by atoms with van der Waals surface area (Å²) in [7, 11) is 0. The second-order valence-corrected chi connectivity index (χ2v) is 3.37. The van der Waals surface area contributed by atoms with Crippen molar-refractivity contribution in [1.82, 2.24) is 9.97 Å². The second kappa shape index (κ2) is 4.62. The molecule has 0 amide bonds. The molecular formula is C12H6N2O4-2. The maximum absolute atomic E-state index is 10.9. The number of carboxylic acid groups (broad SMARTS) is 2. The Labute approximate surface area is 102 Å². The molecule has 0 aliphatic carbocycles. The Hall–Kier alpha value is -2.76. The molecule has 2 aromatic heterocycles. The van der Waals surface area contributed by atoms with E-state index >= 15 is 0 Å². The monoisotopic (exact) mass is 242 g/mol. The van der Waals surface area contributed by atoms with Crippen LogP contribution in [0, 0.1) is 0 Å². The summed E-state index contributed by atoms with van der Waals surface area (Å²) in [4.78, 5) is 29.1. The van der Waals surface area contributed by atoms with Gasteiger partial charge >= 0.3 is 0 Å². The van der Waals surface area contributed by atoms with Gasteiger partial charge in [-0.05, 0) is 12.1 Å². The molecule has 90 valence electrons. The van der Waals surface area contributed by atoms with Gasteiger partial charge in [0.25, 0.3) is 0 Å². The van der Waals surface area contributed by atoms with E-state index in [1.807, 2.05) is 0 Å². The molecule has 0 aliphatic rings. The summed E-state index contributed by atoms with van der Waals surface area (Å²) < 4.78 is 0. The lowest BCUT2D eigenvalue weighted by Crippen LogP contribution is -2.26. The molecule has 0 radical (unpaired) electrons. The number of hydrogen-bond donors (Lipinski definition) is 0. The quantitative estimate of drug-likeness (QED) is 0.674. The molecule has 0 fully saturated rings. The summed E-state index contributed by atoms with van der Waals surface area (Å²) in [6.45, 7) is 0. The van der Waals surface area contributed by atoms with Gasteiger partial charge in [-0.1, -0.05) is 12.1 Å². The average molecular weight is 242 g/mol. The van der Waals surface area contributed by atoms with Crippen LogP contribution in [0.4, 0.5) is 0 Å². The van der Waals surface area contributed by atoms with Crippen molar-refractivity contribution >= 4 is 11.9 Å². The van der Waals surface area contributed by atoms with E-state index in [0.29, 0.717) is 0 Å². The Kier molecular flexibility index (Phi) is 3.01. The van der Waals surface area contributed by atoms with Crippen molar-refractivity contribution in [3.05, 3.63) is 48.0 Å². The van der Waals surface area contributed by atoms with Gasteiger partial charge in [0, 0.05) is 23.5 Å². The number of rotatable bonds is 3. The fourth-order valence-electron chi connectivity index (χ4n) is 1.57. The minimum absolute atomic E-state index is 0.129. The van der Waals surface area contributed by atoms with Gasteiger partial charge in [-0.3, -0.25) is 9.97 Å². The molecule has 0 unspecified atom stereocenters. The third kappa shape index (κ3) is 2.03. The molecule has 0 aliphatic heterocycles. The van der Waals surface area contributed by atoms with E-state index in [0.717, 1.165) is 0 Å². The van der Waals surface area contributed by atoms with E-state index in [9.17, 15) is 19.8 Å². The number of hydrogen-bond acceptors (Lipinski definition) is 6. The highest BCUT2D eigenvalue weighted by atomic mass is 16.4. The normalized spacial score (nSPS) is 10.0. The zero-order valence-electron chi connectivity index (χ0n) is 8.99. The first-order valence-electron chi connectivity index (χ1n) is 4.94. The lowest BCUT2D eigenvalue weighted by molar-refractivity contribution is -0.256. The topological polar surface area (TPSA) is 106 Å². The van der Waals surface area contributed by atoms with Crippen molar-refractivity contribution in [3.8, 4) is 11.1 Å². The molecule has 0 atom stereocenters. The van der Waals surface area contributed by atoms with Gasteiger partial charge < -0.3 is 19.8 Å². The summed E-state index contributed by atoms with van der Waals surface area (Å²) in [5, 5.41) is 21.8. The standard InChI is InChI=1S/C12H8N2O4/c15-11(16)9-7(3-1-5-13-9)8-4-2-6-14-10(8)12(17)18/h1-6H,(H,15,16)(H,17,18)/p-2. The third-order valence-electron chi connectivity index (χ3n) is 2.29. The van der Waals surface area contributed by atoms with E-state index in [1.54, 1.807) is 0 Å². The highest BCUT2D eigenvalue weighted by Crippen LogP contribution is 2.24. The SMILES string of the molecule is O=C([O-])c1ncccc1-c1cccnc1C(=O)[O-]. The molecular weight excluding hydrogens is 236 g/mol. The molecule has 6 nitrogen and oxygen atoms in total. The number of pyridine rings is 2. The summed E-state index contributed by atoms with van der Waals surface area (Å²) in [6.07, 6.45) is 2.56. The third-order valence-corrected chi connectivity index (χ3v) is 2.29. The Morgan fingerprint density at radius 1 is 0.833 bits per heavy atom. The van der Waals surface area contributed by atoms with Crippen LogP contribution in [0.1, 0.15) is 21.0 Å². The smallest absolute Gasteiger partial charge is 0.0935 e. The summed E-state index contributed by atoms with van der Waals surface area (Å²) in [5.74, 6) is -2.97. The first-order chi connectivity index (χ1) is 8.61. The van der Waals surface area contributed by atoms with Crippen molar-refractivity contribution in [1.29, 1.82) is 0 Å². The van der Waals surface area contributed by atoms with E-state index < -0.39 is 11.9 Å². The molecule has 0 saturated carbocycles. The fourth-order valence-corrected chi connectivity index (χ4v) is 1.57. The minimum atomic E-state index is -1.49. The van der Waals surface area contributed by atoms with Crippen LogP contribution >= 0.6 is 0 Å². The largest absolute Gasteiger partial charge is 0.543 e. The van der Waals surface area contributed by atoms with Crippen LogP contribution in [-0.2, 0) is 0 Å². The fraction of sp³-hybridized carbons (Fsp3) is 0. The molecule has 0 N–H and O–H groups in total. The number of nitrogens with zero attached hydrogens (tertiary/aromatic N) is 2. The van der Waals surface area contributed by atoms with E-state index in [4.69, 9.17) is 0 Å². The van der Waals surface area contributed by atoms with Gasteiger partial charge in [0.05, 0.1) is 23.3 Å².